The van der Waals surface area contributed by atoms with Crippen LogP contribution in [0.1, 0.15) is 35.1 Å². The van der Waals surface area contributed by atoms with Crippen molar-refractivity contribution in [2.45, 2.75) is 64.4 Å². The van der Waals surface area contributed by atoms with Crippen molar-refractivity contribution in [1.82, 2.24) is 29.9 Å². The van der Waals surface area contributed by atoms with Crippen molar-refractivity contribution in [2.75, 3.05) is 66.4 Å². The molecule has 0 saturated carbocycles. The highest BCUT2D eigenvalue weighted by Crippen LogP contribution is 2.40. The summed E-state index contributed by atoms with van der Waals surface area (Å²) in [6.45, 7) is 1.95. The third kappa shape index (κ3) is 14.4. The van der Waals surface area contributed by atoms with Crippen molar-refractivity contribution in [3.8, 4) is 45.5 Å². The van der Waals surface area contributed by atoms with E-state index in [4.69, 9.17) is 68.4 Å². The molecule has 2 fully saturated rings. The van der Waals surface area contributed by atoms with Gasteiger partial charge in [0.1, 0.15) is 11.0 Å². The third-order valence-corrected chi connectivity index (χ3v) is 11.8. The Morgan fingerprint density at radius 2 is 1.11 bits per heavy atom. The second-order valence-corrected chi connectivity index (χ2v) is 17.5. The molecule has 0 aliphatic carbocycles. The van der Waals surface area contributed by atoms with Gasteiger partial charge in [0.25, 0.3) is 0 Å². The number of ether oxygens (including phenoxy) is 6. The van der Waals surface area contributed by atoms with Crippen molar-refractivity contribution < 1.29 is 54.4 Å². The van der Waals surface area contributed by atoms with Crippen LogP contribution >= 0.6 is 35.6 Å². The number of rotatable bonds is 11. The number of azide groups is 2. The standard InChI is InChI=1S/C20H18ClF2N7O3.C16H12ClF2N3O4S.C5H10N4O.3CH4.ClH/c1-31-13-6-14(32-2)17(23)15(16(13)22)11-5-9-7-25-20(28-18(9)19(21)26-11)27-12-8-33-4-3-10(12)29-30-24;1-25-9-5-10(26-2)13(19)11(12(9)18)8-4-7-6-20-16(27(3,23)24)22-14(7)15(17)21-8;6-4-3-10-2-1-5(4)8-9-7;;;;/h5-7,10,12H,3-4,8H2,1-2H3,(H,25,27,28);4-6H,1-3H3;4-5H,1-3,6H2;3*1H4;1H/t10-,12+;;4-,5+;;;;/m0.1..../s1. The molecule has 30 heteroatoms. The lowest BCUT2D eigenvalue weighted by molar-refractivity contribution is 0.0712. The average Bonchev–Trinajstić information content (AvgIpc) is 3.33. The van der Waals surface area contributed by atoms with E-state index in [1.165, 1.54) is 53.0 Å². The first-order valence-electron chi connectivity index (χ1n) is 20.3. The number of nitrogens with two attached hydrogens (primary N) is 1. The van der Waals surface area contributed by atoms with Crippen molar-refractivity contribution in [2.24, 2.45) is 16.0 Å². The first kappa shape index (κ1) is 63.6. The van der Waals surface area contributed by atoms with Gasteiger partial charge in [0.15, 0.2) is 56.6 Å². The Balaban J connectivity index is 0.000000413. The smallest absolute Gasteiger partial charge is 0.247 e. The second kappa shape index (κ2) is 28.2. The fourth-order valence-electron chi connectivity index (χ4n) is 6.90. The van der Waals surface area contributed by atoms with Crippen molar-refractivity contribution >= 4 is 73.2 Å². The van der Waals surface area contributed by atoms with Crippen molar-refractivity contribution in [3.05, 3.63) is 91.1 Å². The Hall–Kier alpha value is -6.54. The van der Waals surface area contributed by atoms with Gasteiger partial charge < -0.3 is 39.5 Å². The SMILES string of the molecule is C.C.C.COc1cc(OC)c(F)c(-c2cc3cnc(N[C@@H]4COCC[C@@H]4N=[N+]=[N-])nc3c(Cl)n2)c1F.COc1cc(OC)c(F)c(-c2cc3cnc(S(C)(=O)=O)nc3c(Cl)n2)c1F.Cl.[N-]=[N+]=N[C@H]1CCOC[C@H]1N. The molecule has 2 aliphatic rings. The van der Waals surface area contributed by atoms with E-state index in [1.807, 2.05) is 0 Å². The van der Waals surface area contributed by atoms with Gasteiger partial charge >= 0.3 is 0 Å². The molecule has 0 unspecified atom stereocenters. The van der Waals surface area contributed by atoms with Crippen LogP contribution in [0.3, 0.4) is 0 Å². The van der Waals surface area contributed by atoms with E-state index < -0.39 is 49.4 Å². The monoisotopic (exact) mass is 1120 g/mol. The lowest BCUT2D eigenvalue weighted by Crippen LogP contribution is -2.42. The van der Waals surface area contributed by atoms with Crippen LogP contribution in [0.5, 0.6) is 23.0 Å². The summed E-state index contributed by atoms with van der Waals surface area (Å²) in [6, 6.07) is 4.03. The summed E-state index contributed by atoms with van der Waals surface area (Å²) in [5, 5.41) is 10.3. The number of aromatic nitrogens is 6. The van der Waals surface area contributed by atoms with E-state index in [1.54, 1.807) is 0 Å². The summed E-state index contributed by atoms with van der Waals surface area (Å²) in [7, 11) is 1.29. The summed E-state index contributed by atoms with van der Waals surface area (Å²) in [5.41, 5.74) is 21.6. The number of fused-ring (bicyclic) bond motifs is 2. The molecule has 8 rings (SSSR count). The number of halogens is 7. The molecule has 2 aliphatic heterocycles. The Morgan fingerprint density at radius 1 is 0.689 bits per heavy atom. The first-order valence-corrected chi connectivity index (χ1v) is 23.0. The Kier molecular flexibility index (Phi) is 24.2. The van der Waals surface area contributed by atoms with Crippen LogP contribution in [0.2, 0.25) is 10.3 Å². The maximum atomic E-state index is 14.9. The minimum atomic E-state index is -3.67. The van der Waals surface area contributed by atoms with Gasteiger partial charge in [0, 0.05) is 70.6 Å². The Morgan fingerprint density at radius 3 is 1.54 bits per heavy atom. The number of benzene rings is 2. The van der Waals surface area contributed by atoms with E-state index in [0.717, 1.165) is 24.8 Å². The first-order chi connectivity index (χ1) is 33.5. The minimum Gasteiger partial charge on any atom is -0.494 e. The summed E-state index contributed by atoms with van der Waals surface area (Å²) >= 11 is 12.4. The van der Waals surface area contributed by atoms with Gasteiger partial charge in [-0.1, -0.05) is 55.7 Å². The number of pyridine rings is 2. The van der Waals surface area contributed by atoms with E-state index in [2.05, 4.69) is 55.3 Å². The maximum absolute atomic E-state index is 14.9. The zero-order chi connectivity index (χ0) is 50.9. The van der Waals surface area contributed by atoms with Gasteiger partial charge in [0.2, 0.25) is 20.9 Å². The highest BCUT2D eigenvalue weighted by atomic mass is 35.5. The zero-order valence-corrected chi connectivity index (χ0v) is 41.0. The van der Waals surface area contributed by atoms with Crippen LogP contribution in [-0.4, -0.2) is 124 Å². The molecule has 3 N–H and O–H groups in total. The minimum absolute atomic E-state index is 0. The Bertz CT molecular complexity index is 3090. The molecule has 4 aromatic heterocycles. The molecule has 0 bridgehead atoms. The van der Waals surface area contributed by atoms with Gasteiger partial charge in [-0.3, -0.25) is 0 Å². The number of anilines is 1. The second-order valence-electron chi connectivity index (χ2n) is 14.8. The topological polar surface area (TPSA) is 302 Å². The molecular formula is C44H53Cl3F4N14O8S. The van der Waals surface area contributed by atoms with Crippen LogP contribution in [-0.2, 0) is 19.3 Å². The lowest BCUT2D eigenvalue weighted by Gasteiger charge is -2.28. The van der Waals surface area contributed by atoms with E-state index in [0.29, 0.717) is 38.2 Å². The molecule has 4 atom stereocenters. The third-order valence-electron chi connectivity index (χ3n) is 10.4. The van der Waals surface area contributed by atoms with Crippen LogP contribution in [0, 0.1) is 23.3 Å². The molecule has 74 heavy (non-hydrogen) atoms. The highest BCUT2D eigenvalue weighted by molar-refractivity contribution is 7.90. The lowest BCUT2D eigenvalue weighted by atomic mass is 10.1. The van der Waals surface area contributed by atoms with E-state index in [-0.39, 0.29) is 126 Å². The number of nitrogens with zero attached hydrogens (tertiary/aromatic N) is 12. The maximum Gasteiger partial charge on any atom is 0.247 e. The zero-order valence-electron chi connectivity index (χ0n) is 37.8. The molecule has 0 radical (unpaired) electrons. The van der Waals surface area contributed by atoms with Crippen molar-refractivity contribution in [1.29, 1.82) is 0 Å². The Labute approximate surface area is 439 Å². The van der Waals surface area contributed by atoms with Crippen LogP contribution in [0.4, 0.5) is 23.5 Å². The van der Waals surface area contributed by atoms with Crippen molar-refractivity contribution in [3.63, 3.8) is 0 Å². The number of sulfone groups is 1. The van der Waals surface area contributed by atoms with Crippen LogP contribution < -0.4 is 30.0 Å². The summed E-state index contributed by atoms with van der Waals surface area (Å²) in [5.74, 6) is -4.57. The van der Waals surface area contributed by atoms with E-state index >= 15 is 0 Å². The highest BCUT2D eigenvalue weighted by Gasteiger charge is 2.28. The average molecular weight is 1120 g/mol. The summed E-state index contributed by atoms with van der Waals surface area (Å²) < 4.78 is 113. The fraction of sp³-hybridized carbons (Fsp3) is 0.409. The fourth-order valence-corrected chi connectivity index (χ4v) is 7.89. The molecule has 6 heterocycles. The molecule has 22 nitrogen and oxygen atoms in total. The molecule has 2 saturated heterocycles. The van der Waals surface area contributed by atoms with Gasteiger partial charge in [-0.2, -0.15) is 0 Å². The number of hydrogen-bond donors (Lipinski definition) is 2. The summed E-state index contributed by atoms with van der Waals surface area (Å²) in [4.78, 5) is 29.9. The number of nitrogens with one attached hydrogen (secondary N) is 1. The quantitative estimate of drug-likeness (QED) is 0.0304. The van der Waals surface area contributed by atoms with Gasteiger partial charge in [0.05, 0.1) is 82.3 Å². The normalized spacial score (nSPS) is 16.7. The van der Waals surface area contributed by atoms with Crippen LogP contribution in [0.15, 0.2) is 52.0 Å². The summed E-state index contributed by atoms with van der Waals surface area (Å²) in [6.07, 6.45) is 4.87. The molecular weight excluding hydrogens is 1070 g/mol. The largest absolute Gasteiger partial charge is 0.494 e. The molecule has 0 amide bonds. The predicted molar refractivity (Wildman–Crippen MR) is 274 cm³/mol. The molecule has 6 aromatic rings. The molecule has 402 valence electrons. The van der Waals surface area contributed by atoms with E-state index in [9.17, 15) is 26.0 Å². The number of hydrogen-bond acceptors (Lipinski definition) is 18. The molecule has 2 aromatic carbocycles. The van der Waals surface area contributed by atoms with Gasteiger partial charge in [-0.05, 0) is 36.0 Å². The molecule has 0 spiro atoms. The van der Waals surface area contributed by atoms with Crippen LogP contribution in [0.25, 0.3) is 65.2 Å². The predicted octanol–water partition coefficient (Wildman–Crippen LogP) is 10.3. The van der Waals surface area contributed by atoms with Gasteiger partial charge in [-0.15, -0.1) is 12.4 Å². The van der Waals surface area contributed by atoms with Gasteiger partial charge in [-0.25, -0.2) is 55.9 Å². The number of methoxy groups -OCH3 is 4.